The van der Waals surface area contributed by atoms with Crippen LogP contribution in [0.5, 0.6) is 0 Å². The zero-order valence-corrected chi connectivity index (χ0v) is 14.0. The van der Waals surface area contributed by atoms with E-state index in [1.807, 2.05) is 37.3 Å². The number of rotatable bonds is 4. The third kappa shape index (κ3) is 4.04. The van der Waals surface area contributed by atoms with Crippen LogP contribution in [-0.4, -0.2) is 23.3 Å². The van der Waals surface area contributed by atoms with Gasteiger partial charge >= 0.3 is 0 Å². The van der Waals surface area contributed by atoms with Gasteiger partial charge in [0.2, 0.25) is 11.8 Å². The lowest BCUT2D eigenvalue weighted by atomic mass is 10.1. The van der Waals surface area contributed by atoms with Gasteiger partial charge in [-0.15, -0.1) is 0 Å². The minimum atomic E-state index is -0.372. The molecule has 0 saturated carbocycles. The van der Waals surface area contributed by atoms with Gasteiger partial charge in [-0.2, -0.15) is 5.26 Å². The monoisotopic (exact) mass is 333 g/mol. The fourth-order valence-corrected chi connectivity index (χ4v) is 2.93. The summed E-state index contributed by atoms with van der Waals surface area (Å²) in [5, 5.41) is 11.7. The molecule has 1 aliphatic rings. The van der Waals surface area contributed by atoms with Gasteiger partial charge in [0.1, 0.15) is 0 Å². The summed E-state index contributed by atoms with van der Waals surface area (Å²) >= 11 is 0. The molecule has 1 N–H and O–H groups in total. The Morgan fingerprint density at radius 2 is 2.04 bits per heavy atom. The first-order valence-electron chi connectivity index (χ1n) is 8.19. The van der Waals surface area contributed by atoms with Crippen LogP contribution in [-0.2, 0) is 16.1 Å². The highest BCUT2D eigenvalue weighted by Crippen LogP contribution is 2.22. The van der Waals surface area contributed by atoms with Gasteiger partial charge in [0.15, 0.2) is 0 Å². The molecule has 126 valence electrons. The van der Waals surface area contributed by atoms with Gasteiger partial charge in [-0.1, -0.05) is 35.9 Å². The van der Waals surface area contributed by atoms with Gasteiger partial charge in [-0.3, -0.25) is 9.59 Å². The van der Waals surface area contributed by atoms with E-state index in [9.17, 15) is 9.59 Å². The highest BCUT2D eigenvalue weighted by Gasteiger charge is 2.34. The Balaban J connectivity index is 1.62. The fourth-order valence-electron chi connectivity index (χ4n) is 2.93. The minimum absolute atomic E-state index is 0.00787. The Kier molecular flexibility index (Phi) is 4.80. The van der Waals surface area contributed by atoms with Crippen LogP contribution in [0.15, 0.2) is 48.5 Å². The molecule has 2 amide bonds. The first-order chi connectivity index (χ1) is 12.0. The molecular weight excluding hydrogens is 314 g/mol. The van der Waals surface area contributed by atoms with Gasteiger partial charge < -0.3 is 10.2 Å². The molecule has 0 aromatic heterocycles. The Bertz CT molecular complexity index is 837. The van der Waals surface area contributed by atoms with Crippen LogP contribution >= 0.6 is 0 Å². The molecule has 0 spiro atoms. The Hall–Kier alpha value is -3.13. The molecule has 0 unspecified atom stereocenters. The summed E-state index contributed by atoms with van der Waals surface area (Å²) < 4.78 is 0. The molecule has 0 bridgehead atoms. The second-order valence-corrected chi connectivity index (χ2v) is 6.34. The number of nitrogens with zero attached hydrogens (tertiary/aromatic N) is 2. The quantitative estimate of drug-likeness (QED) is 0.935. The van der Waals surface area contributed by atoms with Crippen molar-refractivity contribution in [2.24, 2.45) is 5.92 Å². The number of aryl methyl sites for hydroxylation is 1. The van der Waals surface area contributed by atoms with Crippen molar-refractivity contribution in [1.29, 1.82) is 5.26 Å². The molecule has 0 radical (unpaired) electrons. The molecule has 1 heterocycles. The normalized spacial score (nSPS) is 16.6. The highest BCUT2D eigenvalue weighted by molar-refractivity contribution is 5.97. The molecule has 5 heteroatoms. The summed E-state index contributed by atoms with van der Waals surface area (Å²) in [6.07, 6.45) is 0.218. The molecule has 1 fully saturated rings. The predicted octanol–water partition coefficient (Wildman–Crippen LogP) is 2.85. The first-order valence-corrected chi connectivity index (χ1v) is 8.19. The van der Waals surface area contributed by atoms with Crippen LogP contribution in [0.25, 0.3) is 0 Å². The third-order valence-electron chi connectivity index (χ3n) is 4.34. The maximum Gasteiger partial charge on any atom is 0.229 e. The summed E-state index contributed by atoms with van der Waals surface area (Å²) in [6, 6.07) is 16.8. The topological polar surface area (TPSA) is 73.2 Å². The molecule has 1 atom stereocenters. The second-order valence-electron chi connectivity index (χ2n) is 6.34. The highest BCUT2D eigenvalue weighted by atomic mass is 16.2. The summed E-state index contributed by atoms with van der Waals surface area (Å²) in [6.45, 7) is 2.95. The van der Waals surface area contributed by atoms with Crippen LogP contribution in [0, 0.1) is 24.2 Å². The first kappa shape index (κ1) is 16.7. The maximum atomic E-state index is 12.4. The van der Waals surface area contributed by atoms with E-state index in [2.05, 4.69) is 5.32 Å². The number of hydrogen-bond donors (Lipinski definition) is 1. The van der Waals surface area contributed by atoms with Crippen molar-refractivity contribution < 1.29 is 9.59 Å². The largest absolute Gasteiger partial charge is 0.338 e. The van der Waals surface area contributed by atoms with E-state index < -0.39 is 0 Å². The molecule has 2 aromatic carbocycles. The standard InChI is InChI=1S/C20H19N3O2/c1-14-5-7-15(8-6-14)12-23-13-17(10-19(23)24)20(25)22-18-4-2-3-16(9-18)11-21/h2-9,17H,10,12-13H2,1H3,(H,22,25)/t17-/m0/s1. The van der Waals surface area contributed by atoms with E-state index in [0.717, 1.165) is 5.56 Å². The zero-order chi connectivity index (χ0) is 17.8. The molecule has 25 heavy (non-hydrogen) atoms. The molecule has 1 saturated heterocycles. The van der Waals surface area contributed by atoms with Crippen LogP contribution in [0.4, 0.5) is 5.69 Å². The van der Waals surface area contributed by atoms with E-state index >= 15 is 0 Å². The number of nitrogens with one attached hydrogen (secondary N) is 1. The number of carbonyl (C=O) groups excluding carboxylic acids is 2. The van der Waals surface area contributed by atoms with Crippen LogP contribution < -0.4 is 5.32 Å². The molecule has 1 aliphatic heterocycles. The van der Waals surface area contributed by atoms with Crippen molar-refractivity contribution in [2.45, 2.75) is 19.9 Å². The summed E-state index contributed by atoms with van der Waals surface area (Å²) in [5.41, 5.74) is 3.30. The van der Waals surface area contributed by atoms with E-state index in [1.54, 1.807) is 29.2 Å². The number of likely N-dealkylation sites (tertiary alicyclic amines) is 1. The molecule has 0 aliphatic carbocycles. The van der Waals surface area contributed by atoms with Crippen molar-refractivity contribution in [3.63, 3.8) is 0 Å². The fraction of sp³-hybridized carbons (Fsp3) is 0.250. The van der Waals surface area contributed by atoms with Gasteiger partial charge in [-0.25, -0.2) is 0 Å². The van der Waals surface area contributed by atoms with Crippen molar-refractivity contribution >= 4 is 17.5 Å². The number of anilines is 1. The second kappa shape index (κ2) is 7.18. The number of benzene rings is 2. The zero-order valence-electron chi connectivity index (χ0n) is 14.0. The predicted molar refractivity (Wildman–Crippen MR) is 94.5 cm³/mol. The number of carbonyl (C=O) groups is 2. The van der Waals surface area contributed by atoms with E-state index in [1.165, 1.54) is 5.56 Å². The molecule has 3 rings (SSSR count). The minimum Gasteiger partial charge on any atom is -0.338 e. The smallest absolute Gasteiger partial charge is 0.229 e. The average Bonchev–Trinajstić information content (AvgIpc) is 2.98. The van der Waals surface area contributed by atoms with Crippen LogP contribution in [0.3, 0.4) is 0 Å². The number of hydrogen-bond acceptors (Lipinski definition) is 3. The van der Waals surface area contributed by atoms with E-state index in [-0.39, 0.29) is 24.2 Å². The Morgan fingerprint density at radius 1 is 1.28 bits per heavy atom. The van der Waals surface area contributed by atoms with Crippen molar-refractivity contribution in [3.8, 4) is 6.07 Å². The molecule has 2 aromatic rings. The van der Waals surface area contributed by atoms with Crippen LogP contribution in [0.1, 0.15) is 23.1 Å². The summed E-state index contributed by atoms with van der Waals surface area (Å²) in [4.78, 5) is 26.4. The van der Waals surface area contributed by atoms with Crippen LogP contribution in [0.2, 0.25) is 0 Å². The van der Waals surface area contributed by atoms with Gasteiger partial charge in [0, 0.05) is 25.2 Å². The lowest BCUT2D eigenvalue weighted by Crippen LogP contribution is -2.28. The van der Waals surface area contributed by atoms with Crippen molar-refractivity contribution in [1.82, 2.24) is 4.90 Å². The van der Waals surface area contributed by atoms with Gasteiger partial charge in [-0.05, 0) is 30.7 Å². The van der Waals surface area contributed by atoms with Crippen molar-refractivity contribution in [3.05, 3.63) is 65.2 Å². The lowest BCUT2D eigenvalue weighted by Gasteiger charge is -2.17. The van der Waals surface area contributed by atoms with Gasteiger partial charge in [0.25, 0.3) is 0 Å². The van der Waals surface area contributed by atoms with Gasteiger partial charge in [0.05, 0.1) is 17.6 Å². The van der Waals surface area contributed by atoms with Crippen molar-refractivity contribution in [2.75, 3.05) is 11.9 Å². The summed E-state index contributed by atoms with van der Waals surface area (Å²) in [5.74, 6) is -0.565. The molecule has 5 nitrogen and oxygen atoms in total. The SMILES string of the molecule is Cc1ccc(CN2C[C@@H](C(=O)Nc3cccc(C#N)c3)CC2=O)cc1. The van der Waals surface area contributed by atoms with E-state index in [4.69, 9.17) is 5.26 Å². The molecular formula is C20H19N3O2. The van der Waals surface area contributed by atoms with E-state index in [0.29, 0.717) is 24.3 Å². The third-order valence-corrected chi connectivity index (χ3v) is 4.34. The summed E-state index contributed by atoms with van der Waals surface area (Å²) in [7, 11) is 0. The Labute approximate surface area is 146 Å². The Morgan fingerprint density at radius 3 is 2.76 bits per heavy atom. The number of nitriles is 1. The maximum absolute atomic E-state index is 12.4. The lowest BCUT2D eigenvalue weighted by molar-refractivity contribution is -0.128. The average molecular weight is 333 g/mol. The number of amides is 2.